The largest absolute Gasteiger partial charge is 0.442 e. The Morgan fingerprint density at radius 3 is 2.74 bits per heavy atom. The van der Waals surface area contributed by atoms with Crippen LogP contribution >= 0.6 is 0 Å². The van der Waals surface area contributed by atoms with E-state index in [2.05, 4.69) is 62.5 Å². The van der Waals surface area contributed by atoms with Crippen molar-refractivity contribution in [2.24, 2.45) is 4.99 Å². The molecule has 5 rings (SSSR count). The minimum absolute atomic E-state index is 0.00185. The second kappa shape index (κ2) is 7.80. The van der Waals surface area contributed by atoms with Crippen LogP contribution in [-0.4, -0.2) is 21.2 Å². The van der Waals surface area contributed by atoms with Gasteiger partial charge in [-0.05, 0) is 42.0 Å². The molecule has 1 aliphatic heterocycles. The summed E-state index contributed by atoms with van der Waals surface area (Å²) in [6.07, 6.45) is 11.9. The molecule has 0 saturated heterocycles. The number of aliphatic imine (C=N–C) groups is 1. The Kier molecular flexibility index (Phi) is 4.82. The highest BCUT2D eigenvalue weighted by Crippen LogP contribution is 2.32. The van der Waals surface area contributed by atoms with E-state index in [1.165, 1.54) is 17.5 Å². The third-order valence-electron chi connectivity index (χ3n) is 5.74. The van der Waals surface area contributed by atoms with Gasteiger partial charge >= 0.3 is 0 Å². The molecule has 1 unspecified atom stereocenters. The highest BCUT2D eigenvalue weighted by Gasteiger charge is 2.25. The Labute approximate surface area is 180 Å². The van der Waals surface area contributed by atoms with E-state index in [9.17, 15) is 0 Å². The van der Waals surface area contributed by atoms with Crippen LogP contribution in [-0.2, 0) is 12.0 Å². The average molecular weight is 409 g/mol. The molecule has 0 amide bonds. The second-order valence-corrected chi connectivity index (χ2v) is 8.09. The van der Waals surface area contributed by atoms with Crippen molar-refractivity contribution in [1.29, 1.82) is 0 Å². The Balaban J connectivity index is 1.33. The first-order valence-corrected chi connectivity index (χ1v) is 10.3. The van der Waals surface area contributed by atoms with Crippen molar-refractivity contribution >= 4 is 22.8 Å². The fourth-order valence-electron chi connectivity index (χ4n) is 4.01. The highest BCUT2D eigenvalue weighted by atomic mass is 16.3. The number of benzene rings is 1. The van der Waals surface area contributed by atoms with Crippen molar-refractivity contribution in [3.05, 3.63) is 84.3 Å². The van der Waals surface area contributed by atoms with Gasteiger partial charge in [-0.1, -0.05) is 37.3 Å². The molecule has 1 N–H and O–H groups in total. The van der Waals surface area contributed by atoms with Crippen LogP contribution in [0.15, 0.2) is 82.6 Å². The van der Waals surface area contributed by atoms with Crippen LogP contribution in [0.1, 0.15) is 31.4 Å². The summed E-state index contributed by atoms with van der Waals surface area (Å²) in [7, 11) is 0. The van der Waals surface area contributed by atoms with Crippen LogP contribution in [0.2, 0.25) is 0 Å². The molecule has 4 heterocycles. The van der Waals surface area contributed by atoms with Crippen LogP contribution in [0, 0.1) is 0 Å². The van der Waals surface area contributed by atoms with Gasteiger partial charge in [-0.3, -0.25) is 9.98 Å². The number of oxazole rings is 1. The summed E-state index contributed by atoms with van der Waals surface area (Å²) in [5.41, 5.74) is 4.32. The van der Waals surface area contributed by atoms with Gasteiger partial charge in [0.2, 0.25) is 0 Å². The van der Waals surface area contributed by atoms with Crippen LogP contribution in [0.25, 0.3) is 22.2 Å². The molecule has 4 aromatic rings. The lowest BCUT2D eigenvalue weighted by atomic mass is 9.78. The zero-order chi connectivity index (χ0) is 21.3. The molecule has 0 aliphatic carbocycles. The number of anilines is 1. The summed E-state index contributed by atoms with van der Waals surface area (Å²) in [5.74, 6) is 1.46. The molecule has 0 saturated carbocycles. The molecule has 6 nitrogen and oxygen atoms in total. The van der Waals surface area contributed by atoms with Gasteiger partial charge in [0, 0.05) is 41.7 Å². The predicted octanol–water partition coefficient (Wildman–Crippen LogP) is 5.53. The summed E-state index contributed by atoms with van der Waals surface area (Å²) >= 11 is 0. The van der Waals surface area contributed by atoms with E-state index in [0.717, 1.165) is 34.4 Å². The SMILES string of the molecule is CC1=CC(C)(c2ccc(CNc3nccc4cc(-c5cnco5)ncc34)cc2)CC=N1. The number of hydrogen-bond donors (Lipinski definition) is 1. The summed E-state index contributed by atoms with van der Waals surface area (Å²) in [5, 5.41) is 5.47. The molecule has 1 aromatic carbocycles. The van der Waals surface area contributed by atoms with Crippen molar-refractivity contribution in [3.8, 4) is 11.5 Å². The van der Waals surface area contributed by atoms with Crippen LogP contribution in [0.3, 0.4) is 0 Å². The first-order valence-electron chi connectivity index (χ1n) is 10.3. The number of fused-ring (bicyclic) bond motifs is 1. The molecule has 0 spiro atoms. The third kappa shape index (κ3) is 3.84. The minimum Gasteiger partial charge on any atom is -0.442 e. The van der Waals surface area contributed by atoms with Gasteiger partial charge in [-0.2, -0.15) is 0 Å². The normalized spacial score (nSPS) is 18.2. The van der Waals surface area contributed by atoms with Gasteiger partial charge in [-0.25, -0.2) is 9.97 Å². The van der Waals surface area contributed by atoms with E-state index >= 15 is 0 Å². The van der Waals surface area contributed by atoms with E-state index in [4.69, 9.17) is 4.42 Å². The quantitative estimate of drug-likeness (QED) is 0.469. The molecule has 31 heavy (non-hydrogen) atoms. The molecule has 154 valence electrons. The zero-order valence-corrected chi connectivity index (χ0v) is 17.5. The molecule has 1 aliphatic rings. The van der Waals surface area contributed by atoms with Gasteiger partial charge in [0.1, 0.15) is 11.5 Å². The van der Waals surface area contributed by atoms with E-state index in [1.807, 2.05) is 31.5 Å². The van der Waals surface area contributed by atoms with Crippen molar-refractivity contribution < 1.29 is 4.42 Å². The fraction of sp³-hybridized carbons (Fsp3) is 0.200. The Hall–Kier alpha value is -3.80. The van der Waals surface area contributed by atoms with E-state index in [1.54, 1.807) is 12.4 Å². The third-order valence-corrected chi connectivity index (χ3v) is 5.74. The zero-order valence-electron chi connectivity index (χ0n) is 17.5. The van der Waals surface area contributed by atoms with Crippen molar-refractivity contribution in [2.75, 3.05) is 5.32 Å². The lowest BCUT2D eigenvalue weighted by Crippen LogP contribution is -2.22. The van der Waals surface area contributed by atoms with Gasteiger partial charge in [-0.15, -0.1) is 0 Å². The number of pyridine rings is 2. The maximum atomic E-state index is 5.35. The Morgan fingerprint density at radius 1 is 1.10 bits per heavy atom. The first-order chi connectivity index (χ1) is 15.1. The predicted molar refractivity (Wildman–Crippen MR) is 123 cm³/mol. The summed E-state index contributed by atoms with van der Waals surface area (Å²) < 4.78 is 5.35. The number of nitrogens with zero attached hydrogens (tertiary/aromatic N) is 4. The van der Waals surface area contributed by atoms with Gasteiger partial charge in [0.25, 0.3) is 0 Å². The second-order valence-electron chi connectivity index (χ2n) is 8.09. The Bertz CT molecular complexity index is 1280. The number of aromatic nitrogens is 3. The average Bonchev–Trinajstić information content (AvgIpc) is 3.32. The standard InChI is InChI=1S/C25H23N5O/c1-17-12-25(2,8-10-27-17)20-5-3-18(4-6-20)13-30-24-21-14-29-22(23-15-26-16-31-23)11-19(21)7-9-28-24/h3-7,9-12,14-16H,8,13H2,1-2H3,(H,28,30). The number of allylic oxidation sites excluding steroid dienone is 2. The molecule has 0 fully saturated rings. The van der Waals surface area contributed by atoms with Crippen molar-refractivity contribution in [1.82, 2.24) is 15.0 Å². The topological polar surface area (TPSA) is 76.2 Å². The summed E-state index contributed by atoms with van der Waals surface area (Å²) in [4.78, 5) is 17.4. The molecule has 3 aromatic heterocycles. The molecule has 1 atom stereocenters. The minimum atomic E-state index is 0.00185. The highest BCUT2D eigenvalue weighted by molar-refractivity contribution is 5.92. The molecule has 0 radical (unpaired) electrons. The number of nitrogens with one attached hydrogen (secondary N) is 1. The molecular formula is C25H23N5O. The molecular weight excluding hydrogens is 386 g/mol. The van der Waals surface area contributed by atoms with Crippen LogP contribution in [0.5, 0.6) is 0 Å². The maximum absolute atomic E-state index is 5.35. The molecule has 6 heteroatoms. The maximum Gasteiger partial charge on any atom is 0.181 e. The number of hydrogen-bond acceptors (Lipinski definition) is 6. The van der Waals surface area contributed by atoms with E-state index < -0.39 is 0 Å². The van der Waals surface area contributed by atoms with Crippen LogP contribution in [0.4, 0.5) is 5.82 Å². The summed E-state index contributed by atoms with van der Waals surface area (Å²) in [6.45, 7) is 4.99. The summed E-state index contributed by atoms with van der Waals surface area (Å²) in [6, 6.07) is 12.7. The molecule has 0 bridgehead atoms. The van der Waals surface area contributed by atoms with E-state index in [0.29, 0.717) is 12.3 Å². The fourth-order valence-corrected chi connectivity index (χ4v) is 4.01. The van der Waals surface area contributed by atoms with Crippen LogP contribution < -0.4 is 5.32 Å². The van der Waals surface area contributed by atoms with Crippen molar-refractivity contribution in [3.63, 3.8) is 0 Å². The first kappa shape index (κ1) is 19.2. The lowest BCUT2D eigenvalue weighted by molar-refractivity contribution is 0.570. The van der Waals surface area contributed by atoms with Gasteiger partial charge in [0.15, 0.2) is 12.2 Å². The van der Waals surface area contributed by atoms with Crippen molar-refractivity contribution in [2.45, 2.75) is 32.2 Å². The van der Waals surface area contributed by atoms with Gasteiger partial charge in [0.05, 0.1) is 6.20 Å². The monoisotopic (exact) mass is 409 g/mol. The number of rotatable bonds is 5. The van der Waals surface area contributed by atoms with E-state index in [-0.39, 0.29) is 5.41 Å². The van der Waals surface area contributed by atoms with Gasteiger partial charge < -0.3 is 9.73 Å². The Morgan fingerprint density at radius 2 is 1.97 bits per heavy atom. The lowest BCUT2D eigenvalue weighted by Gasteiger charge is -2.28. The smallest absolute Gasteiger partial charge is 0.181 e.